The summed E-state index contributed by atoms with van der Waals surface area (Å²) in [7, 11) is 0. The van der Waals surface area contributed by atoms with Crippen molar-refractivity contribution < 1.29 is 0 Å². The molecule has 0 atom stereocenters. The lowest BCUT2D eigenvalue weighted by Gasteiger charge is -1.97. The van der Waals surface area contributed by atoms with E-state index in [0.717, 1.165) is 16.6 Å². The summed E-state index contributed by atoms with van der Waals surface area (Å²) >= 11 is 5.86. The van der Waals surface area contributed by atoms with E-state index in [9.17, 15) is 0 Å². The van der Waals surface area contributed by atoms with E-state index < -0.39 is 0 Å². The topological polar surface area (TPSA) is 52.5 Å². The minimum absolute atomic E-state index is 0.335. The maximum atomic E-state index is 8.58. The lowest BCUT2D eigenvalue weighted by molar-refractivity contribution is 1.26. The molecular weight excluding hydrogens is 186 g/mol. The third kappa shape index (κ3) is 1.36. The molecule has 1 heterocycles. The van der Waals surface area contributed by atoms with Crippen molar-refractivity contribution in [3.63, 3.8) is 0 Å². The Morgan fingerprint density at radius 2 is 2.38 bits per heavy atom. The smallest absolute Gasteiger partial charge is 0.0932 e. The fourth-order valence-electron chi connectivity index (χ4n) is 1.30. The van der Waals surface area contributed by atoms with Crippen molar-refractivity contribution in [3.8, 4) is 6.07 Å². The average molecular weight is 192 g/mol. The largest absolute Gasteiger partial charge is 0.345 e. The number of H-pyrrole nitrogens is 1. The Labute approximate surface area is 80.0 Å². The molecule has 0 aliphatic carbocycles. The molecule has 0 aliphatic heterocycles. The lowest BCUT2D eigenvalue weighted by atomic mass is 10.1. The second-order valence-corrected chi connectivity index (χ2v) is 3.13. The standard InChI is InChI=1S/C9H6ClN3/c10-7-3-6(1-2-11)9-8(4-7)12-5-13-9/h3-5H,1H2,(H,12,13). The Balaban J connectivity index is 2.71. The molecule has 0 fully saturated rings. The van der Waals surface area contributed by atoms with Crippen molar-refractivity contribution in [1.29, 1.82) is 5.26 Å². The van der Waals surface area contributed by atoms with Crippen molar-refractivity contribution in [2.75, 3.05) is 0 Å². The molecule has 1 aromatic carbocycles. The van der Waals surface area contributed by atoms with Crippen LogP contribution < -0.4 is 0 Å². The first-order valence-electron chi connectivity index (χ1n) is 3.79. The summed E-state index contributed by atoms with van der Waals surface area (Å²) < 4.78 is 0. The quantitative estimate of drug-likeness (QED) is 0.752. The SMILES string of the molecule is N#CCc1cc(Cl)cc2[nH]cnc12. The number of nitrogens with zero attached hydrogens (tertiary/aromatic N) is 2. The van der Waals surface area contributed by atoms with E-state index in [4.69, 9.17) is 16.9 Å². The fourth-order valence-corrected chi connectivity index (χ4v) is 1.55. The lowest BCUT2D eigenvalue weighted by Crippen LogP contribution is -1.84. The van der Waals surface area contributed by atoms with E-state index >= 15 is 0 Å². The third-order valence-corrected chi connectivity index (χ3v) is 2.06. The number of nitriles is 1. The molecule has 4 heteroatoms. The number of hydrogen-bond acceptors (Lipinski definition) is 2. The van der Waals surface area contributed by atoms with Crippen LogP contribution in [0.1, 0.15) is 5.56 Å². The highest BCUT2D eigenvalue weighted by molar-refractivity contribution is 6.31. The van der Waals surface area contributed by atoms with Crippen LogP contribution in [0.3, 0.4) is 0 Å². The molecule has 1 aromatic heterocycles. The van der Waals surface area contributed by atoms with E-state index in [1.807, 2.05) is 0 Å². The van der Waals surface area contributed by atoms with Gasteiger partial charge in [-0.1, -0.05) is 11.6 Å². The Kier molecular flexibility index (Phi) is 1.91. The monoisotopic (exact) mass is 191 g/mol. The van der Waals surface area contributed by atoms with Crippen LogP contribution in [0.15, 0.2) is 18.5 Å². The van der Waals surface area contributed by atoms with Gasteiger partial charge in [0.15, 0.2) is 0 Å². The summed E-state index contributed by atoms with van der Waals surface area (Å²) in [6.45, 7) is 0. The van der Waals surface area contributed by atoms with Crippen LogP contribution in [0, 0.1) is 11.3 Å². The summed E-state index contributed by atoms with van der Waals surface area (Å²) in [6, 6.07) is 5.65. The highest BCUT2D eigenvalue weighted by atomic mass is 35.5. The molecule has 0 aliphatic rings. The Hall–Kier alpha value is -1.53. The maximum absolute atomic E-state index is 8.58. The van der Waals surface area contributed by atoms with Crippen molar-refractivity contribution in [2.45, 2.75) is 6.42 Å². The number of aromatic amines is 1. The molecule has 64 valence electrons. The van der Waals surface area contributed by atoms with E-state index in [1.54, 1.807) is 18.5 Å². The van der Waals surface area contributed by atoms with Crippen LogP contribution in [0.25, 0.3) is 11.0 Å². The number of rotatable bonds is 1. The van der Waals surface area contributed by atoms with Gasteiger partial charge in [-0.3, -0.25) is 0 Å². The Morgan fingerprint density at radius 1 is 1.54 bits per heavy atom. The van der Waals surface area contributed by atoms with Gasteiger partial charge in [-0.15, -0.1) is 0 Å². The van der Waals surface area contributed by atoms with Gasteiger partial charge < -0.3 is 4.98 Å². The molecule has 2 rings (SSSR count). The highest BCUT2D eigenvalue weighted by Gasteiger charge is 2.04. The number of benzene rings is 1. The fraction of sp³-hybridized carbons (Fsp3) is 0.111. The third-order valence-electron chi connectivity index (χ3n) is 1.84. The Bertz CT molecular complexity index is 481. The second kappa shape index (κ2) is 3.08. The van der Waals surface area contributed by atoms with Crippen LogP contribution in [-0.2, 0) is 6.42 Å². The number of nitrogens with one attached hydrogen (secondary N) is 1. The van der Waals surface area contributed by atoms with E-state index in [2.05, 4.69) is 16.0 Å². The molecule has 1 N–H and O–H groups in total. The predicted molar refractivity (Wildman–Crippen MR) is 50.4 cm³/mol. The van der Waals surface area contributed by atoms with Gasteiger partial charge in [0.25, 0.3) is 0 Å². The zero-order valence-corrected chi connectivity index (χ0v) is 7.47. The van der Waals surface area contributed by atoms with Crippen LogP contribution in [0.2, 0.25) is 5.02 Å². The molecule has 13 heavy (non-hydrogen) atoms. The number of hydrogen-bond donors (Lipinski definition) is 1. The van der Waals surface area contributed by atoms with E-state index in [1.165, 1.54) is 0 Å². The van der Waals surface area contributed by atoms with Gasteiger partial charge >= 0.3 is 0 Å². The first-order chi connectivity index (χ1) is 6.31. The van der Waals surface area contributed by atoms with Gasteiger partial charge in [-0.05, 0) is 17.7 Å². The maximum Gasteiger partial charge on any atom is 0.0932 e. The number of imidazole rings is 1. The van der Waals surface area contributed by atoms with Gasteiger partial charge in [0.05, 0.1) is 29.9 Å². The molecule has 0 saturated heterocycles. The minimum atomic E-state index is 0.335. The van der Waals surface area contributed by atoms with Crippen LogP contribution >= 0.6 is 11.6 Å². The first kappa shape index (κ1) is 8.09. The molecule has 0 unspecified atom stereocenters. The zero-order chi connectivity index (χ0) is 9.26. The van der Waals surface area contributed by atoms with E-state index in [-0.39, 0.29) is 0 Å². The normalized spacial score (nSPS) is 10.2. The van der Waals surface area contributed by atoms with Gasteiger partial charge in [-0.25, -0.2) is 4.98 Å². The summed E-state index contributed by atoms with van der Waals surface area (Å²) in [5.41, 5.74) is 2.56. The predicted octanol–water partition coefficient (Wildman–Crippen LogP) is 2.28. The summed E-state index contributed by atoms with van der Waals surface area (Å²) in [5.74, 6) is 0. The second-order valence-electron chi connectivity index (χ2n) is 2.70. The molecule has 0 bridgehead atoms. The molecule has 2 aromatic rings. The number of aromatic nitrogens is 2. The van der Waals surface area contributed by atoms with Gasteiger partial charge in [0.1, 0.15) is 0 Å². The van der Waals surface area contributed by atoms with Crippen LogP contribution in [0.5, 0.6) is 0 Å². The molecule has 3 nitrogen and oxygen atoms in total. The van der Waals surface area contributed by atoms with Crippen molar-refractivity contribution in [1.82, 2.24) is 9.97 Å². The zero-order valence-electron chi connectivity index (χ0n) is 6.71. The first-order valence-corrected chi connectivity index (χ1v) is 4.17. The van der Waals surface area contributed by atoms with Gasteiger partial charge in [-0.2, -0.15) is 5.26 Å². The number of fused-ring (bicyclic) bond motifs is 1. The van der Waals surface area contributed by atoms with Gasteiger partial charge in [0, 0.05) is 5.02 Å². The number of halogens is 1. The Morgan fingerprint density at radius 3 is 3.15 bits per heavy atom. The van der Waals surface area contributed by atoms with Gasteiger partial charge in [0.2, 0.25) is 0 Å². The molecular formula is C9H6ClN3. The van der Waals surface area contributed by atoms with Crippen molar-refractivity contribution >= 4 is 22.6 Å². The van der Waals surface area contributed by atoms with Crippen LogP contribution in [0.4, 0.5) is 0 Å². The minimum Gasteiger partial charge on any atom is -0.345 e. The summed E-state index contributed by atoms with van der Waals surface area (Å²) in [6.07, 6.45) is 1.93. The van der Waals surface area contributed by atoms with Crippen molar-refractivity contribution in [3.05, 3.63) is 29.0 Å². The van der Waals surface area contributed by atoms with E-state index in [0.29, 0.717) is 11.4 Å². The molecule has 0 amide bonds. The summed E-state index contributed by atoms with van der Waals surface area (Å²) in [5, 5.41) is 9.20. The molecule has 0 saturated carbocycles. The molecule has 0 radical (unpaired) electrons. The van der Waals surface area contributed by atoms with Crippen molar-refractivity contribution in [2.24, 2.45) is 0 Å². The summed E-state index contributed by atoms with van der Waals surface area (Å²) in [4.78, 5) is 7.07. The van der Waals surface area contributed by atoms with Crippen LogP contribution in [-0.4, -0.2) is 9.97 Å². The molecule has 0 spiro atoms. The highest BCUT2D eigenvalue weighted by Crippen LogP contribution is 2.21. The average Bonchev–Trinajstić information content (AvgIpc) is 2.52.